The fourth-order valence-electron chi connectivity index (χ4n) is 1.77. The SMILES string of the molecule is Cl.Cl.NC1CCCN(c2ncc[nH]c2=O)C1. The average molecular weight is 267 g/mol. The van der Waals surface area contributed by atoms with E-state index in [1.54, 1.807) is 6.20 Å². The summed E-state index contributed by atoms with van der Waals surface area (Å²) >= 11 is 0. The van der Waals surface area contributed by atoms with Gasteiger partial charge in [0.25, 0.3) is 5.56 Å². The third-order valence-electron chi connectivity index (χ3n) is 2.45. The number of aromatic amines is 1. The fourth-order valence-corrected chi connectivity index (χ4v) is 1.77. The second kappa shape index (κ2) is 6.73. The molecule has 2 rings (SSSR count). The summed E-state index contributed by atoms with van der Waals surface area (Å²) in [7, 11) is 0. The van der Waals surface area contributed by atoms with Gasteiger partial charge in [-0.3, -0.25) is 4.79 Å². The van der Waals surface area contributed by atoms with E-state index in [2.05, 4.69) is 9.97 Å². The Morgan fingerprint density at radius 1 is 1.50 bits per heavy atom. The van der Waals surface area contributed by atoms with Gasteiger partial charge in [0, 0.05) is 31.5 Å². The first-order chi connectivity index (χ1) is 6.77. The number of nitrogens with two attached hydrogens (primary N) is 1. The number of hydrogen-bond donors (Lipinski definition) is 2. The van der Waals surface area contributed by atoms with Crippen LogP contribution in [0.15, 0.2) is 17.2 Å². The van der Waals surface area contributed by atoms with Gasteiger partial charge < -0.3 is 15.6 Å². The third kappa shape index (κ3) is 3.37. The number of rotatable bonds is 1. The van der Waals surface area contributed by atoms with Gasteiger partial charge in [-0.2, -0.15) is 0 Å². The first-order valence-corrected chi connectivity index (χ1v) is 4.81. The molecule has 1 aromatic rings. The van der Waals surface area contributed by atoms with Crippen molar-refractivity contribution in [1.82, 2.24) is 9.97 Å². The van der Waals surface area contributed by atoms with Crippen molar-refractivity contribution < 1.29 is 0 Å². The fraction of sp³-hybridized carbons (Fsp3) is 0.556. The molecule has 0 bridgehead atoms. The zero-order valence-electron chi connectivity index (χ0n) is 8.76. The molecule has 0 saturated carbocycles. The normalized spacial score (nSPS) is 19.6. The van der Waals surface area contributed by atoms with Gasteiger partial charge in [0.2, 0.25) is 0 Å². The topological polar surface area (TPSA) is 75.0 Å². The van der Waals surface area contributed by atoms with Crippen molar-refractivity contribution in [3.8, 4) is 0 Å². The maximum atomic E-state index is 11.4. The lowest BCUT2D eigenvalue weighted by Gasteiger charge is -2.30. The lowest BCUT2D eigenvalue weighted by Crippen LogP contribution is -2.45. The van der Waals surface area contributed by atoms with Crippen LogP contribution < -0.4 is 16.2 Å². The molecule has 0 amide bonds. The van der Waals surface area contributed by atoms with Gasteiger partial charge in [-0.25, -0.2) is 4.98 Å². The maximum absolute atomic E-state index is 11.4. The first-order valence-electron chi connectivity index (χ1n) is 4.81. The van der Waals surface area contributed by atoms with Crippen LogP contribution in [0.3, 0.4) is 0 Å². The van der Waals surface area contributed by atoms with E-state index in [1.165, 1.54) is 6.20 Å². The first kappa shape index (κ1) is 15.2. The van der Waals surface area contributed by atoms with E-state index in [-0.39, 0.29) is 36.4 Å². The number of anilines is 1. The van der Waals surface area contributed by atoms with E-state index in [0.717, 1.165) is 25.9 Å². The number of aromatic nitrogens is 2. The van der Waals surface area contributed by atoms with E-state index < -0.39 is 0 Å². The Kier molecular flexibility index (Phi) is 6.40. The van der Waals surface area contributed by atoms with Crippen LogP contribution in [0.4, 0.5) is 5.82 Å². The zero-order chi connectivity index (χ0) is 9.97. The summed E-state index contributed by atoms with van der Waals surface area (Å²) in [5, 5.41) is 0. The molecule has 0 spiro atoms. The van der Waals surface area contributed by atoms with E-state index in [9.17, 15) is 4.79 Å². The molecule has 1 atom stereocenters. The van der Waals surface area contributed by atoms with Crippen LogP contribution in [-0.4, -0.2) is 29.1 Å². The molecule has 7 heteroatoms. The Balaban J connectivity index is 0.00000112. The summed E-state index contributed by atoms with van der Waals surface area (Å²) in [5.41, 5.74) is 5.69. The molecule has 0 aliphatic carbocycles. The summed E-state index contributed by atoms with van der Waals surface area (Å²) < 4.78 is 0. The lowest BCUT2D eigenvalue weighted by molar-refractivity contribution is 0.502. The second-order valence-electron chi connectivity index (χ2n) is 3.59. The summed E-state index contributed by atoms with van der Waals surface area (Å²) in [6.07, 6.45) is 5.19. The molecular weight excluding hydrogens is 251 g/mol. The van der Waals surface area contributed by atoms with E-state index in [4.69, 9.17) is 5.73 Å². The van der Waals surface area contributed by atoms with Crippen molar-refractivity contribution in [2.24, 2.45) is 5.73 Å². The molecule has 1 aliphatic heterocycles. The van der Waals surface area contributed by atoms with E-state index in [0.29, 0.717) is 5.82 Å². The third-order valence-corrected chi connectivity index (χ3v) is 2.45. The molecule has 5 nitrogen and oxygen atoms in total. The standard InChI is InChI=1S/C9H14N4O.2ClH/c10-7-2-1-5-13(6-7)8-9(14)12-4-3-11-8;;/h3-4,7H,1-2,5-6,10H2,(H,12,14);2*1H. The number of piperidine rings is 1. The van der Waals surface area contributed by atoms with Crippen molar-refractivity contribution in [2.45, 2.75) is 18.9 Å². The van der Waals surface area contributed by atoms with Crippen molar-refractivity contribution in [3.05, 3.63) is 22.7 Å². The van der Waals surface area contributed by atoms with Crippen LogP contribution in [0, 0.1) is 0 Å². The predicted molar refractivity (Wildman–Crippen MR) is 68.8 cm³/mol. The van der Waals surface area contributed by atoms with Crippen LogP contribution in [-0.2, 0) is 0 Å². The highest BCUT2D eigenvalue weighted by Crippen LogP contribution is 2.12. The molecule has 3 N–H and O–H groups in total. The largest absolute Gasteiger partial charge is 0.350 e. The molecule has 1 aromatic heterocycles. The van der Waals surface area contributed by atoms with Gasteiger partial charge in [-0.1, -0.05) is 0 Å². The van der Waals surface area contributed by atoms with Crippen molar-refractivity contribution in [2.75, 3.05) is 18.0 Å². The monoisotopic (exact) mass is 266 g/mol. The van der Waals surface area contributed by atoms with Gasteiger partial charge in [0.1, 0.15) is 0 Å². The van der Waals surface area contributed by atoms with Gasteiger partial charge in [-0.15, -0.1) is 24.8 Å². The molecule has 1 unspecified atom stereocenters. The van der Waals surface area contributed by atoms with Gasteiger partial charge in [0.05, 0.1) is 0 Å². The highest BCUT2D eigenvalue weighted by Gasteiger charge is 2.19. The zero-order valence-corrected chi connectivity index (χ0v) is 10.4. The Hall–Kier alpha value is -0.780. The minimum Gasteiger partial charge on any atom is -0.350 e. The van der Waals surface area contributed by atoms with Crippen LogP contribution in [0.5, 0.6) is 0 Å². The molecule has 2 heterocycles. The van der Waals surface area contributed by atoms with E-state index in [1.807, 2.05) is 4.90 Å². The quantitative estimate of drug-likeness (QED) is 0.778. The molecule has 0 radical (unpaired) electrons. The van der Waals surface area contributed by atoms with Crippen molar-refractivity contribution >= 4 is 30.6 Å². The lowest BCUT2D eigenvalue weighted by atomic mass is 10.1. The van der Waals surface area contributed by atoms with Gasteiger partial charge in [0.15, 0.2) is 5.82 Å². The van der Waals surface area contributed by atoms with Crippen LogP contribution in [0.1, 0.15) is 12.8 Å². The van der Waals surface area contributed by atoms with Gasteiger partial charge >= 0.3 is 0 Å². The summed E-state index contributed by atoms with van der Waals surface area (Å²) in [5.74, 6) is 0.489. The smallest absolute Gasteiger partial charge is 0.290 e. The minimum absolute atomic E-state index is 0. The molecular formula is C9H16Cl2N4O. The number of nitrogens with one attached hydrogen (secondary N) is 1. The number of H-pyrrole nitrogens is 1. The number of halogens is 2. The Labute approximate surface area is 106 Å². The second-order valence-corrected chi connectivity index (χ2v) is 3.59. The predicted octanol–water partition coefficient (Wildman–Crippen LogP) is 0.541. The maximum Gasteiger partial charge on any atom is 0.290 e. The van der Waals surface area contributed by atoms with Crippen molar-refractivity contribution in [3.63, 3.8) is 0 Å². The minimum atomic E-state index is -0.137. The Morgan fingerprint density at radius 3 is 2.88 bits per heavy atom. The molecule has 1 aliphatic rings. The van der Waals surface area contributed by atoms with Crippen LogP contribution >= 0.6 is 24.8 Å². The van der Waals surface area contributed by atoms with Crippen molar-refractivity contribution in [1.29, 1.82) is 0 Å². The molecule has 1 saturated heterocycles. The highest BCUT2D eigenvalue weighted by molar-refractivity contribution is 5.85. The van der Waals surface area contributed by atoms with Crippen LogP contribution in [0.25, 0.3) is 0 Å². The number of hydrogen-bond acceptors (Lipinski definition) is 4. The molecule has 0 aromatic carbocycles. The Morgan fingerprint density at radius 2 is 2.25 bits per heavy atom. The summed E-state index contributed by atoms with van der Waals surface area (Å²) in [4.78, 5) is 20.1. The molecule has 16 heavy (non-hydrogen) atoms. The highest BCUT2D eigenvalue weighted by atomic mass is 35.5. The summed E-state index contributed by atoms with van der Waals surface area (Å²) in [6, 6.07) is 0.158. The average Bonchev–Trinajstić information content (AvgIpc) is 2.18. The van der Waals surface area contributed by atoms with Gasteiger partial charge in [-0.05, 0) is 12.8 Å². The number of nitrogens with zero attached hydrogens (tertiary/aromatic N) is 2. The van der Waals surface area contributed by atoms with Crippen LogP contribution in [0.2, 0.25) is 0 Å². The van der Waals surface area contributed by atoms with E-state index >= 15 is 0 Å². The molecule has 92 valence electrons. The molecule has 1 fully saturated rings. The Bertz CT molecular complexity index is 371. The summed E-state index contributed by atoms with van der Waals surface area (Å²) in [6.45, 7) is 1.59.